The molecule has 1 amide bonds. The highest BCUT2D eigenvalue weighted by atomic mass is 35.5. The normalized spacial score (nSPS) is 17.9. The lowest BCUT2D eigenvalue weighted by Crippen LogP contribution is -2.56. The molecule has 0 bridgehead atoms. The van der Waals surface area contributed by atoms with E-state index in [0.29, 0.717) is 23.2 Å². The largest absolute Gasteiger partial charge is 0.493 e. The average molecular weight is 386 g/mol. The summed E-state index contributed by atoms with van der Waals surface area (Å²) in [5, 5.41) is 3.16. The molecule has 2 aliphatic heterocycles. The first-order valence-electron chi connectivity index (χ1n) is 8.67. The van der Waals surface area contributed by atoms with Gasteiger partial charge in [-0.25, -0.2) is 0 Å². The zero-order valence-electron chi connectivity index (χ0n) is 15.6. The molecular formula is C18H28ClN3O4. The SMILES string of the molecule is COc1cc(CN2CCN(C(=O)C3CNC3)CC2)cc(OC)c1OC.Cl. The molecule has 0 unspecified atom stereocenters. The minimum absolute atomic E-state index is 0. The van der Waals surface area contributed by atoms with E-state index >= 15 is 0 Å². The first kappa shape index (κ1) is 20.6. The quantitative estimate of drug-likeness (QED) is 0.788. The standard InChI is InChI=1S/C18H27N3O4.ClH/c1-23-15-8-13(9-16(24-2)17(15)25-3)12-20-4-6-21(7-5-20)18(22)14-10-19-11-14;/h8-9,14,19H,4-7,10-12H2,1-3H3;1H. The predicted octanol–water partition coefficient (Wildman–Crippen LogP) is 0.998. The number of ether oxygens (including phenoxy) is 3. The van der Waals surface area contributed by atoms with Crippen LogP contribution in [0.25, 0.3) is 0 Å². The number of halogens is 1. The Morgan fingerprint density at radius 1 is 1.04 bits per heavy atom. The summed E-state index contributed by atoms with van der Waals surface area (Å²) >= 11 is 0. The van der Waals surface area contributed by atoms with E-state index in [9.17, 15) is 4.79 Å². The van der Waals surface area contributed by atoms with Gasteiger partial charge in [0.25, 0.3) is 0 Å². The zero-order valence-corrected chi connectivity index (χ0v) is 16.4. The van der Waals surface area contributed by atoms with E-state index in [1.54, 1.807) is 21.3 Å². The molecule has 1 N–H and O–H groups in total. The second kappa shape index (κ2) is 9.30. The number of benzene rings is 1. The molecule has 2 heterocycles. The molecule has 0 aromatic heterocycles. The van der Waals surface area contributed by atoms with Crippen molar-refractivity contribution in [3.63, 3.8) is 0 Å². The number of hydrogen-bond donors (Lipinski definition) is 1. The van der Waals surface area contributed by atoms with Crippen molar-refractivity contribution < 1.29 is 19.0 Å². The number of rotatable bonds is 6. The maximum Gasteiger partial charge on any atom is 0.228 e. The highest BCUT2D eigenvalue weighted by Gasteiger charge is 2.31. The van der Waals surface area contributed by atoms with Gasteiger partial charge in [-0.3, -0.25) is 9.69 Å². The fourth-order valence-corrected chi connectivity index (χ4v) is 3.33. The van der Waals surface area contributed by atoms with Gasteiger partial charge >= 0.3 is 0 Å². The van der Waals surface area contributed by atoms with Gasteiger partial charge in [-0.2, -0.15) is 0 Å². The van der Waals surface area contributed by atoms with Crippen molar-refractivity contribution in [2.24, 2.45) is 5.92 Å². The van der Waals surface area contributed by atoms with Crippen molar-refractivity contribution in [2.75, 3.05) is 60.6 Å². The molecule has 146 valence electrons. The Kier molecular flexibility index (Phi) is 7.37. The zero-order chi connectivity index (χ0) is 17.8. The van der Waals surface area contributed by atoms with E-state index in [1.807, 2.05) is 17.0 Å². The molecule has 1 aromatic rings. The molecule has 1 aromatic carbocycles. The third kappa shape index (κ3) is 4.34. The van der Waals surface area contributed by atoms with Crippen LogP contribution >= 0.6 is 12.4 Å². The molecule has 2 saturated heterocycles. The molecule has 2 fully saturated rings. The van der Waals surface area contributed by atoms with Gasteiger partial charge in [0.1, 0.15) is 0 Å². The molecule has 26 heavy (non-hydrogen) atoms. The third-order valence-electron chi connectivity index (χ3n) is 4.95. The van der Waals surface area contributed by atoms with Crippen molar-refractivity contribution in [2.45, 2.75) is 6.54 Å². The van der Waals surface area contributed by atoms with Crippen LogP contribution in [-0.4, -0.2) is 76.3 Å². The molecule has 7 nitrogen and oxygen atoms in total. The summed E-state index contributed by atoms with van der Waals surface area (Å²) in [6, 6.07) is 3.97. The smallest absolute Gasteiger partial charge is 0.228 e. The maximum atomic E-state index is 12.3. The lowest BCUT2D eigenvalue weighted by Gasteiger charge is -2.38. The molecule has 8 heteroatoms. The lowest BCUT2D eigenvalue weighted by molar-refractivity contribution is -0.138. The number of amides is 1. The fraction of sp³-hybridized carbons (Fsp3) is 0.611. The number of nitrogens with one attached hydrogen (secondary N) is 1. The van der Waals surface area contributed by atoms with Gasteiger partial charge in [0.05, 0.1) is 27.2 Å². The Morgan fingerprint density at radius 2 is 1.62 bits per heavy atom. The van der Waals surface area contributed by atoms with Crippen LogP contribution in [0.1, 0.15) is 5.56 Å². The minimum Gasteiger partial charge on any atom is -0.493 e. The van der Waals surface area contributed by atoms with Gasteiger partial charge in [-0.05, 0) is 17.7 Å². The maximum absolute atomic E-state index is 12.3. The second-order valence-corrected chi connectivity index (χ2v) is 6.49. The molecule has 2 aliphatic rings. The van der Waals surface area contributed by atoms with Crippen LogP contribution < -0.4 is 19.5 Å². The van der Waals surface area contributed by atoms with Crippen molar-refractivity contribution in [3.05, 3.63) is 17.7 Å². The summed E-state index contributed by atoms with van der Waals surface area (Å²) in [4.78, 5) is 16.7. The predicted molar refractivity (Wildman–Crippen MR) is 102 cm³/mol. The highest BCUT2D eigenvalue weighted by molar-refractivity contribution is 5.85. The fourth-order valence-electron chi connectivity index (χ4n) is 3.33. The summed E-state index contributed by atoms with van der Waals surface area (Å²) in [5.74, 6) is 2.43. The number of hydrogen-bond acceptors (Lipinski definition) is 6. The van der Waals surface area contributed by atoms with Gasteiger partial charge in [-0.15, -0.1) is 12.4 Å². The molecule has 3 rings (SSSR count). The Morgan fingerprint density at radius 3 is 2.04 bits per heavy atom. The van der Waals surface area contributed by atoms with Crippen LogP contribution in [0.3, 0.4) is 0 Å². The summed E-state index contributed by atoms with van der Waals surface area (Å²) < 4.78 is 16.2. The molecule has 0 spiro atoms. The molecule has 0 aliphatic carbocycles. The van der Waals surface area contributed by atoms with E-state index in [4.69, 9.17) is 14.2 Å². The van der Waals surface area contributed by atoms with Crippen molar-refractivity contribution >= 4 is 18.3 Å². The van der Waals surface area contributed by atoms with E-state index in [2.05, 4.69) is 10.2 Å². The Balaban J connectivity index is 0.00000243. The number of carbonyl (C=O) groups excluding carboxylic acids is 1. The summed E-state index contributed by atoms with van der Waals surface area (Å²) in [6.45, 7) is 5.78. The number of nitrogens with zero attached hydrogens (tertiary/aromatic N) is 2. The molecule has 0 radical (unpaired) electrons. The van der Waals surface area contributed by atoms with Gasteiger partial charge in [-0.1, -0.05) is 0 Å². The van der Waals surface area contributed by atoms with E-state index < -0.39 is 0 Å². The van der Waals surface area contributed by atoms with Crippen LogP contribution in [-0.2, 0) is 11.3 Å². The first-order chi connectivity index (χ1) is 12.2. The summed E-state index contributed by atoms with van der Waals surface area (Å²) in [5.41, 5.74) is 1.11. The van der Waals surface area contributed by atoms with Crippen molar-refractivity contribution in [3.8, 4) is 17.2 Å². The monoisotopic (exact) mass is 385 g/mol. The molecule has 0 atom stereocenters. The Labute approximate surface area is 161 Å². The molecule has 0 saturated carbocycles. The van der Waals surface area contributed by atoms with Crippen LogP contribution in [0, 0.1) is 5.92 Å². The van der Waals surface area contributed by atoms with Crippen LogP contribution in [0.5, 0.6) is 17.2 Å². The van der Waals surface area contributed by atoms with Crippen molar-refractivity contribution in [1.29, 1.82) is 0 Å². The second-order valence-electron chi connectivity index (χ2n) is 6.49. The van der Waals surface area contributed by atoms with Crippen LogP contribution in [0.15, 0.2) is 12.1 Å². The van der Waals surface area contributed by atoms with Crippen LogP contribution in [0.2, 0.25) is 0 Å². The number of methoxy groups -OCH3 is 3. The Hall–Kier alpha value is -1.70. The van der Waals surface area contributed by atoms with Crippen molar-refractivity contribution in [1.82, 2.24) is 15.1 Å². The third-order valence-corrected chi connectivity index (χ3v) is 4.95. The topological polar surface area (TPSA) is 63.3 Å². The first-order valence-corrected chi connectivity index (χ1v) is 8.67. The summed E-state index contributed by atoms with van der Waals surface area (Å²) in [7, 11) is 4.86. The van der Waals surface area contributed by atoms with Gasteiger partial charge in [0.15, 0.2) is 11.5 Å². The summed E-state index contributed by atoms with van der Waals surface area (Å²) in [6.07, 6.45) is 0. The lowest BCUT2D eigenvalue weighted by atomic mass is 10.0. The van der Waals surface area contributed by atoms with E-state index in [1.165, 1.54) is 0 Å². The molecular weight excluding hydrogens is 358 g/mol. The van der Waals surface area contributed by atoms with Gasteiger partial charge in [0, 0.05) is 45.8 Å². The number of carbonyl (C=O) groups is 1. The van der Waals surface area contributed by atoms with Gasteiger partial charge < -0.3 is 24.4 Å². The van der Waals surface area contributed by atoms with E-state index in [0.717, 1.165) is 51.4 Å². The number of piperazine rings is 1. The van der Waals surface area contributed by atoms with E-state index in [-0.39, 0.29) is 18.3 Å². The Bertz CT molecular complexity index is 591. The van der Waals surface area contributed by atoms with Gasteiger partial charge in [0.2, 0.25) is 11.7 Å². The van der Waals surface area contributed by atoms with Crippen LogP contribution in [0.4, 0.5) is 0 Å². The minimum atomic E-state index is 0. The highest BCUT2D eigenvalue weighted by Crippen LogP contribution is 2.38. The average Bonchev–Trinajstić information content (AvgIpc) is 2.59.